The summed E-state index contributed by atoms with van der Waals surface area (Å²) in [6.07, 6.45) is 9.30. The van der Waals surface area contributed by atoms with E-state index in [1.165, 1.54) is 12.3 Å². The summed E-state index contributed by atoms with van der Waals surface area (Å²) in [5.74, 6) is 0.0341. The number of rotatable bonds is 2. The van der Waals surface area contributed by atoms with Crippen LogP contribution in [0.4, 0.5) is 0 Å². The Morgan fingerprint density at radius 1 is 0.806 bits per heavy atom. The molecule has 6 nitrogen and oxygen atoms in total. The van der Waals surface area contributed by atoms with Crippen molar-refractivity contribution in [2.24, 2.45) is 22.7 Å². The molecule has 36 heavy (non-hydrogen) atoms. The van der Waals surface area contributed by atoms with Gasteiger partial charge in [-0.3, -0.25) is 9.59 Å². The van der Waals surface area contributed by atoms with Crippen molar-refractivity contribution in [1.29, 1.82) is 0 Å². The molecule has 5 rings (SSSR count). The summed E-state index contributed by atoms with van der Waals surface area (Å²) in [7, 11) is 0. The molecule has 4 aliphatic carbocycles. The van der Waals surface area contributed by atoms with Gasteiger partial charge in [-0.15, -0.1) is 0 Å². The lowest BCUT2D eigenvalue weighted by molar-refractivity contribution is -0.118. The quantitative estimate of drug-likeness (QED) is 0.538. The van der Waals surface area contributed by atoms with Gasteiger partial charge in [-0.1, -0.05) is 39.8 Å². The molecule has 1 aliphatic heterocycles. The van der Waals surface area contributed by atoms with Gasteiger partial charge in [-0.2, -0.15) is 0 Å². The van der Waals surface area contributed by atoms with E-state index in [1.54, 1.807) is 13.0 Å². The Morgan fingerprint density at radius 3 is 1.89 bits per heavy atom. The zero-order valence-corrected chi connectivity index (χ0v) is 21.9. The molecule has 0 aromatic heterocycles. The summed E-state index contributed by atoms with van der Waals surface area (Å²) < 4.78 is 6.15. The van der Waals surface area contributed by atoms with Crippen LogP contribution in [0.15, 0.2) is 58.4 Å². The number of ether oxygens (including phenoxy) is 1. The highest BCUT2D eigenvalue weighted by atomic mass is 16.5. The van der Waals surface area contributed by atoms with E-state index in [9.17, 15) is 24.9 Å². The van der Waals surface area contributed by atoms with E-state index in [-0.39, 0.29) is 29.8 Å². The van der Waals surface area contributed by atoms with E-state index in [0.717, 1.165) is 24.0 Å². The van der Waals surface area contributed by atoms with Crippen molar-refractivity contribution in [3.8, 4) is 0 Å². The Bertz CT molecular complexity index is 1170. The molecular weight excluding hydrogens is 456 g/mol. The second-order valence-corrected chi connectivity index (χ2v) is 12.2. The van der Waals surface area contributed by atoms with E-state index >= 15 is 0 Å². The zero-order chi connectivity index (χ0) is 26.2. The number of hydrogen-bond donors (Lipinski definition) is 3. The van der Waals surface area contributed by atoms with Gasteiger partial charge in [0.25, 0.3) is 0 Å². The topological polar surface area (TPSA) is 104 Å². The van der Waals surface area contributed by atoms with Gasteiger partial charge in [0.1, 0.15) is 6.10 Å². The molecule has 0 aromatic carbocycles. The molecule has 3 N–H and O–H groups in total. The van der Waals surface area contributed by atoms with Crippen LogP contribution in [0.5, 0.6) is 0 Å². The van der Waals surface area contributed by atoms with Gasteiger partial charge >= 0.3 is 0 Å². The molecule has 2 fully saturated rings. The van der Waals surface area contributed by atoms with Crippen LogP contribution >= 0.6 is 0 Å². The molecule has 0 amide bonds. The van der Waals surface area contributed by atoms with E-state index < -0.39 is 34.7 Å². The standard InChI is InChI=1S/C30H38O6/c1-16-6-8-23(31)20-11-25(33)19(13-28(16,20)3)18-10-27(35)30(5,36-15-18)22-14-29(4)17(2)7-9-24(32)21(29)12-26(22)34/h11-17,23-24,27,31-32,35H,6-10H2,1-5H3. The van der Waals surface area contributed by atoms with Crippen molar-refractivity contribution >= 4 is 11.6 Å². The van der Waals surface area contributed by atoms with Crippen molar-refractivity contribution in [3.05, 3.63) is 58.4 Å². The molecule has 0 spiro atoms. The molecule has 5 aliphatic rings. The summed E-state index contributed by atoms with van der Waals surface area (Å²) in [5, 5.41) is 32.4. The molecule has 194 valence electrons. The highest BCUT2D eigenvalue weighted by Gasteiger charge is 2.51. The number of carbonyl (C=O) groups excluding carboxylic acids is 2. The molecule has 0 saturated heterocycles. The van der Waals surface area contributed by atoms with Gasteiger partial charge < -0.3 is 20.1 Å². The lowest BCUT2D eigenvalue weighted by Crippen LogP contribution is -2.50. The minimum atomic E-state index is -1.27. The first-order chi connectivity index (χ1) is 16.8. The van der Waals surface area contributed by atoms with Crippen molar-refractivity contribution < 1.29 is 29.6 Å². The Kier molecular flexibility index (Phi) is 5.90. The third-order valence-corrected chi connectivity index (χ3v) is 10.1. The highest BCUT2D eigenvalue weighted by molar-refractivity contribution is 6.09. The fourth-order valence-electron chi connectivity index (χ4n) is 6.93. The second kappa shape index (κ2) is 8.37. The van der Waals surface area contributed by atoms with Gasteiger partial charge in [0.2, 0.25) is 0 Å². The molecule has 1 heterocycles. The second-order valence-electron chi connectivity index (χ2n) is 12.2. The van der Waals surface area contributed by atoms with Crippen LogP contribution in [0.3, 0.4) is 0 Å². The molecular formula is C30H38O6. The van der Waals surface area contributed by atoms with Crippen LogP contribution in [0.25, 0.3) is 0 Å². The molecule has 0 aromatic rings. The van der Waals surface area contributed by atoms with Crippen molar-refractivity contribution in [1.82, 2.24) is 0 Å². The highest BCUT2D eigenvalue weighted by Crippen LogP contribution is 2.52. The third kappa shape index (κ3) is 3.56. The van der Waals surface area contributed by atoms with Gasteiger partial charge in [-0.25, -0.2) is 0 Å². The minimum Gasteiger partial charge on any atom is -0.487 e. The van der Waals surface area contributed by atoms with E-state index in [0.29, 0.717) is 29.6 Å². The first kappa shape index (κ1) is 25.4. The first-order valence-electron chi connectivity index (χ1n) is 13.2. The normalized spacial score (nSPS) is 44.8. The predicted octanol–water partition coefficient (Wildman–Crippen LogP) is 3.88. The largest absolute Gasteiger partial charge is 0.487 e. The van der Waals surface area contributed by atoms with E-state index in [1.807, 2.05) is 19.1 Å². The van der Waals surface area contributed by atoms with Gasteiger partial charge in [0.15, 0.2) is 17.2 Å². The third-order valence-electron chi connectivity index (χ3n) is 10.1. The Morgan fingerprint density at radius 2 is 1.33 bits per heavy atom. The van der Waals surface area contributed by atoms with Crippen LogP contribution < -0.4 is 0 Å². The van der Waals surface area contributed by atoms with E-state index in [4.69, 9.17) is 4.74 Å². The summed E-state index contributed by atoms with van der Waals surface area (Å²) in [4.78, 5) is 26.3. The number of fused-ring (bicyclic) bond motifs is 2. The van der Waals surface area contributed by atoms with Crippen molar-refractivity contribution in [3.63, 3.8) is 0 Å². The lowest BCUT2D eigenvalue weighted by atomic mass is 9.59. The van der Waals surface area contributed by atoms with Crippen molar-refractivity contribution in [2.75, 3.05) is 0 Å². The Balaban J connectivity index is 1.48. The lowest BCUT2D eigenvalue weighted by Gasteiger charge is -2.48. The summed E-state index contributed by atoms with van der Waals surface area (Å²) in [6.45, 7) is 10.1. The van der Waals surface area contributed by atoms with Gasteiger partial charge in [-0.05, 0) is 67.7 Å². The fraction of sp³-hybridized carbons (Fsp3) is 0.600. The maximum Gasteiger partial charge on any atom is 0.186 e. The fourth-order valence-corrected chi connectivity index (χ4v) is 6.93. The summed E-state index contributed by atoms with van der Waals surface area (Å²) in [6, 6.07) is 0. The van der Waals surface area contributed by atoms with Crippen LogP contribution in [0.2, 0.25) is 0 Å². The predicted molar refractivity (Wildman–Crippen MR) is 136 cm³/mol. The average molecular weight is 495 g/mol. The Hall–Kier alpha value is -2.28. The van der Waals surface area contributed by atoms with Crippen LogP contribution in [0.1, 0.15) is 66.7 Å². The number of aliphatic hydroxyl groups is 3. The summed E-state index contributed by atoms with van der Waals surface area (Å²) in [5.41, 5.74) is 0.764. The SMILES string of the molecule is CC1CCC(O)C2=CC(=O)C(C3=COC(C)(C4=CC5(C)C(=CC4=O)C(O)CCC5C)C(O)C3)=CC21C. The number of aliphatic hydroxyl groups excluding tert-OH is 3. The van der Waals surface area contributed by atoms with E-state index in [2.05, 4.69) is 20.8 Å². The van der Waals surface area contributed by atoms with Gasteiger partial charge in [0.05, 0.1) is 18.5 Å². The molecule has 2 saturated carbocycles. The van der Waals surface area contributed by atoms with Crippen LogP contribution in [-0.4, -0.2) is 50.8 Å². The minimum absolute atomic E-state index is 0.167. The Labute approximate surface area is 213 Å². The first-order valence-corrected chi connectivity index (χ1v) is 13.2. The smallest absolute Gasteiger partial charge is 0.186 e. The average Bonchev–Trinajstić information content (AvgIpc) is 2.83. The summed E-state index contributed by atoms with van der Waals surface area (Å²) >= 11 is 0. The number of ketones is 2. The molecule has 6 heteroatoms. The van der Waals surface area contributed by atoms with Gasteiger partial charge in [0, 0.05) is 34.0 Å². The monoisotopic (exact) mass is 494 g/mol. The number of hydrogen-bond acceptors (Lipinski definition) is 6. The molecule has 0 bridgehead atoms. The van der Waals surface area contributed by atoms with Crippen molar-refractivity contribution in [2.45, 2.75) is 90.6 Å². The molecule has 0 radical (unpaired) electrons. The molecule has 8 unspecified atom stereocenters. The molecule has 8 atom stereocenters. The van der Waals surface area contributed by atoms with Crippen LogP contribution in [0, 0.1) is 22.7 Å². The number of carbonyl (C=O) groups is 2. The maximum absolute atomic E-state index is 13.2. The maximum atomic E-state index is 13.2. The zero-order valence-electron chi connectivity index (χ0n) is 21.9. The number of allylic oxidation sites excluding steroid dienone is 5. The van der Waals surface area contributed by atoms with Crippen LogP contribution in [-0.2, 0) is 14.3 Å².